The zero-order chi connectivity index (χ0) is 21.9. The number of nitrogens with zero attached hydrogens (tertiary/aromatic N) is 3. The molecule has 7 nitrogen and oxygen atoms in total. The number of methoxy groups -OCH3 is 1. The molecule has 2 atom stereocenters. The lowest BCUT2D eigenvalue weighted by atomic mass is 10.0. The van der Waals surface area contributed by atoms with Crippen molar-refractivity contribution in [1.82, 2.24) is 14.9 Å². The van der Waals surface area contributed by atoms with Gasteiger partial charge in [0.05, 0.1) is 13.2 Å². The van der Waals surface area contributed by atoms with Crippen molar-refractivity contribution in [1.29, 1.82) is 0 Å². The van der Waals surface area contributed by atoms with E-state index < -0.39 is 5.25 Å². The van der Waals surface area contributed by atoms with E-state index in [-0.39, 0.29) is 11.9 Å². The molecule has 8 heteroatoms. The molecule has 0 aliphatic carbocycles. The summed E-state index contributed by atoms with van der Waals surface area (Å²) in [5.41, 5.74) is 6.15. The lowest BCUT2D eigenvalue weighted by Gasteiger charge is -2.33. The largest absolute Gasteiger partial charge is 0.497 e. The molecule has 0 unspecified atom stereocenters. The van der Waals surface area contributed by atoms with Crippen molar-refractivity contribution < 1.29 is 9.53 Å². The molecule has 0 saturated heterocycles. The standard InChI is InChI=1S/C24H21N5O2S/c1-31-19-14-12-18(13-15-19)25-23(30)21-20(16-8-4-2-5-9-16)28-29-22(26-27-24(29)32-21)17-10-6-3-7-11-17/h2-15,20-21,28H,1H3,(H,25,30)/t20-,21-/m1/s1. The van der Waals surface area contributed by atoms with Crippen LogP contribution in [0.2, 0.25) is 0 Å². The molecule has 0 bridgehead atoms. The van der Waals surface area contributed by atoms with E-state index in [1.165, 1.54) is 11.8 Å². The van der Waals surface area contributed by atoms with Crippen LogP contribution in [0, 0.1) is 0 Å². The SMILES string of the molecule is COc1ccc(NC(=O)[C@@H]2Sc3nnc(-c4ccccc4)n3N[C@@H]2c2ccccc2)cc1. The lowest BCUT2D eigenvalue weighted by molar-refractivity contribution is -0.116. The van der Waals surface area contributed by atoms with Gasteiger partial charge in [-0.1, -0.05) is 72.4 Å². The van der Waals surface area contributed by atoms with Crippen LogP contribution in [0.3, 0.4) is 0 Å². The lowest BCUT2D eigenvalue weighted by Crippen LogP contribution is -2.41. The van der Waals surface area contributed by atoms with Crippen molar-refractivity contribution in [3.8, 4) is 17.1 Å². The first-order valence-corrected chi connectivity index (χ1v) is 11.0. The maximum Gasteiger partial charge on any atom is 0.240 e. The van der Waals surface area contributed by atoms with Gasteiger partial charge in [-0.25, -0.2) is 4.68 Å². The van der Waals surface area contributed by atoms with Gasteiger partial charge in [-0.3, -0.25) is 4.79 Å². The second kappa shape index (κ2) is 8.76. The average Bonchev–Trinajstić information content (AvgIpc) is 3.28. The number of rotatable bonds is 5. The van der Waals surface area contributed by atoms with Gasteiger partial charge in [0.25, 0.3) is 0 Å². The molecule has 2 N–H and O–H groups in total. The van der Waals surface area contributed by atoms with E-state index in [9.17, 15) is 4.79 Å². The zero-order valence-electron chi connectivity index (χ0n) is 17.3. The number of carbonyl (C=O) groups is 1. The molecule has 1 amide bonds. The topological polar surface area (TPSA) is 81.1 Å². The molecule has 1 aliphatic heterocycles. The molecule has 1 aromatic heterocycles. The average molecular weight is 444 g/mol. The molecule has 32 heavy (non-hydrogen) atoms. The van der Waals surface area contributed by atoms with Crippen molar-refractivity contribution in [2.24, 2.45) is 0 Å². The number of thioether (sulfide) groups is 1. The van der Waals surface area contributed by atoms with Crippen LogP contribution in [-0.2, 0) is 4.79 Å². The third kappa shape index (κ3) is 3.92. The Kier molecular flexibility index (Phi) is 5.51. The summed E-state index contributed by atoms with van der Waals surface area (Å²) in [6.45, 7) is 0. The molecular formula is C24H21N5O2S. The summed E-state index contributed by atoms with van der Waals surface area (Å²) in [6.07, 6.45) is 0. The van der Waals surface area contributed by atoms with Gasteiger partial charge in [0.15, 0.2) is 5.82 Å². The number of hydrogen-bond donors (Lipinski definition) is 2. The maximum absolute atomic E-state index is 13.3. The molecule has 0 spiro atoms. The van der Waals surface area contributed by atoms with Crippen LogP contribution in [0.15, 0.2) is 90.1 Å². The summed E-state index contributed by atoms with van der Waals surface area (Å²) in [7, 11) is 1.61. The minimum atomic E-state index is -0.445. The monoisotopic (exact) mass is 443 g/mol. The van der Waals surface area contributed by atoms with Crippen LogP contribution in [0.5, 0.6) is 5.75 Å². The van der Waals surface area contributed by atoms with Crippen LogP contribution in [0.1, 0.15) is 11.6 Å². The molecule has 4 aromatic rings. The molecule has 0 fully saturated rings. The number of amides is 1. The Labute approximate surface area is 189 Å². The van der Waals surface area contributed by atoms with E-state index in [2.05, 4.69) is 20.9 Å². The first-order valence-electron chi connectivity index (χ1n) is 10.2. The Hall–Kier alpha value is -3.78. The minimum absolute atomic E-state index is 0.114. The highest BCUT2D eigenvalue weighted by molar-refractivity contribution is 8.00. The highest BCUT2D eigenvalue weighted by Gasteiger charge is 2.38. The number of carbonyl (C=O) groups excluding carboxylic acids is 1. The summed E-state index contributed by atoms with van der Waals surface area (Å²) < 4.78 is 7.07. The molecule has 3 aromatic carbocycles. The van der Waals surface area contributed by atoms with E-state index >= 15 is 0 Å². The Morgan fingerprint density at radius 1 is 0.969 bits per heavy atom. The van der Waals surface area contributed by atoms with E-state index in [1.807, 2.05) is 89.6 Å². The van der Waals surface area contributed by atoms with Gasteiger partial charge in [0, 0.05) is 11.3 Å². The van der Waals surface area contributed by atoms with Crippen molar-refractivity contribution in [3.63, 3.8) is 0 Å². The van der Waals surface area contributed by atoms with Gasteiger partial charge in [0.1, 0.15) is 11.0 Å². The van der Waals surface area contributed by atoms with Crippen LogP contribution in [0.25, 0.3) is 11.4 Å². The first kappa shape index (κ1) is 20.1. The van der Waals surface area contributed by atoms with Crippen LogP contribution in [-0.4, -0.2) is 33.1 Å². The summed E-state index contributed by atoms with van der Waals surface area (Å²) in [4.78, 5) is 13.3. The highest BCUT2D eigenvalue weighted by Crippen LogP contribution is 2.39. The third-order valence-corrected chi connectivity index (χ3v) is 6.46. The Bertz CT molecular complexity index is 1210. The summed E-state index contributed by atoms with van der Waals surface area (Å²) in [5, 5.41) is 11.9. The van der Waals surface area contributed by atoms with Gasteiger partial charge in [-0.05, 0) is 29.8 Å². The Morgan fingerprint density at radius 3 is 2.34 bits per heavy atom. The number of nitrogens with one attached hydrogen (secondary N) is 2. The smallest absolute Gasteiger partial charge is 0.240 e. The Balaban J connectivity index is 1.47. The quantitative estimate of drug-likeness (QED) is 0.477. The molecular weight excluding hydrogens is 422 g/mol. The number of benzene rings is 3. The summed E-state index contributed by atoms with van der Waals surface area (Å²) in [6, 6.07) is 26.8. The van der Waals surface area contributed by atoms with E-state index in [4.69, 9.17) is 4.74 Å². The first-order chi connectivity index (χ1) is 15.7. The van der Waals surface area contributed by atoms with Crippen molar-refractivity contribution in [3.05, 3.63) is 90.5 Å². The highest BCUT2D eigenvalue weighted by atomic mass is 32.2. The minimum Gasteiger partial charge on any atom is -0.497 e. The van der Waals surface area contributed by atoms with Crippen molar-refractivity contribution in [2.75, 3.05) is 17.9 Å². The normalized spacial score (nSPS) is 17.2. The third-order valence-electron chi connectivity index (χ3n) is 5.24. The second-order valence-electron chi connectivity index (χ2n) is 7.28. The number of aromatic nitrogens is 3. The van der Waals surface area contributed by atoms with Crippen molar-refractivity contribution in [2.45, 2.75) is 16.4 Å². The van der Waals surface area contributed by atoms with Crippen LogP contribution < -0.4 is 15.5 Å². The fourth-order valence-electron chi connectivity index (χ4n) is 3.63. The number of anilines is 1. The maximum atomic E-state index is 13.3. The van der Waals surface area contributed by atoms with Gasteiger partial charge in [-0.2, -0.15) is 0 Å². The summed E-state index contributed by atoms with van der Waals surface area (Å²) >= 11 is 1.40. The van der Waals surface area contributed by atoms with Crippen molar-refractivity contribution >= 4 is 23.4 Å². The molecule has 5 rings (SSSR count). The van der Waals surface area contributed by atoms with Gasteiger partial charge in [-0.15, -0.1) is 10.2 Å². The predicted octanol–water partition coefficient (Wildman–Crippen LogP) is 4.35. The number of hydrogen-bond acceptors (Lipinski definition) is 6. The fourth-order valence-corrected chi connectivity index (χ4v) is 4.71. The van der Waals surface area contributed by atoms with Crippen LogP contribution >= 0.6 is 11.8 Å². The molecule has 160 valence electrons. The molecule has 0 radical (unpaired) electrons. The zero-order valence-corrected chi connectivity index (χ0v) is 18.1. The Morgan fingerprint density at radius 2 is 1.66 bits per heavy atom. The predicted molar refractivity (Wildman–Crippen MR) is 125 cm³/mol. The van der Waals surface area contributed by atoms with E-state index in [0.29, 0.717) is 16.7 Å². The van der Waals surface area contributed by atoms with Gasteiger partial charge < -0.3 is 15.5 Å². The molecule has 2 heterocycles. The van der Waals surface area contributed by atoms with Gasteiger partial charge >= 0.3 is 0 Å². The second-order valence-corrected chi connectivity index (χ2v) is 8.39. The fraction of sp³-hybridized carbons (Fsp3) is 0.125. The molecule has 0 saturated carbocycles. The van der Waals surface area contributed by atoms with E-state index in [1.54, 1.807) is 7.11 Å². The van der Waals surface area contributed by atoms with E-state index in [0.717, 1.165) is 16.9 Å². The molecule has 1 aliphatic rings. The van der Waals surface area contributed by atoms with Gasteiger partial charge in [0.2, 0.25) is 11.1 Å². The summed E-state index contributed by atoms with van der Waals surface area (Å²) in [5.74, 6) is 1.33. The number of ether oxygens (including phenoxy) is 1. The van der Waals surface area contributed by atoms with Crippen LogP contribution in [0.4, 0.5) is 5.69 Å². The number of fused-ring (bicyclic) bond motifs is 1.